The van der Waals surface area contributed by atoms with E-state index < -0.39 is 15.4 Å². The van der Waals surface area contributed by atoms with Crippen molar-refractivity contribution in [3.05, 3.63) is 0 Å². The molecule has 8 heteroatoms. The first-order valence-electron chi connectivity index (χ1n) is 9.53. The molecule has 2 aliphatic heterocycles. The third-order valence-electron chi connectivity index (χ3n) is 7.11. The van der Waals surface area contributed by atoms with Crippen molar-refractivity contribution in [1.82, 2.24) is 14.1 Å². The van der Waals surface area contributed by atoms with Gasteiger partial charge in [-0.3, -0.25) is 9.59 Å². The zero-order chi connectivity index (χ0) is 19.3. The predicted octanol–water partition coefficient (Wildman–Crippen LogP) is 0.765. The fraction of sp³-hybridized carbons (Fsp3) is 0.889. The van der Waals surface area contributed by atoms with Gasteiger partial charge in [0.15, 0.2) is 0 Å². The molecule has 2 saturated heterocycles. The third kappa shape index (κ3) is 2.85. The number of amides is 2. The molecular formula is C18H31N3O4S. The van der Waals surface area contributed by atoms with Crippen LogP contribution in [0.15, 0.2) is 0 Å². The molecule has 0 aromatic heterocycles. The zero-order valence-corrected chi connectivity index (χ0v) is 17.1. The van der Waals surface area contributed by atoms with Gasteiger partial charge in [0, 0.05) is 47.2 Å². The van der Waals surface area contributed by atoms with Gasteiger partial charge in [-0.05, 0) is 43.9 Å². The molecule has 2 heterocycles. The van der Waals surface area contributed by atoms with Crippen molar-refractivity contribution in [2.75, 3.05) is 46.0 Å². The molecule has 3 fully saturated rings. The summed E-state index contributed by atoms with van der Waals surface area (Å²) in [6.07, 6.45) is 3.30. The summed E-state index contributed by atoms with van der Waals surface area (Å²) in [6.45, 7) is 5.42. The van der Waals surface area contributed by atoms with E-state index in [0.29, 0.717) is 26.2 Å². The fourth-order valence-electron chi connectivity index (χ4n) is 5.59. The Morgan fingerprint density at radius 3 is 2.23 bits per heavy atom. The van der Waals surface area contributed by atoms with Gasteiger partial charge in [0.1, 0.15) is 0 Å². The van der Waals surface area contributed by atoms with Gasteiger partial charge in [-0.1, -0.05) is 0 Å². The summed E-state index contributed by atoms with van der Waals surface area (Å²) in [5.74, 6) is 0.392. The summed E-state index contributed by atoms with van der Waals surface area (Å²) >= 11 is 0. The number of likely N-dealkylation sites (tertiary alicyclic amines) is 1. The van der Waals surface area contributed by atoms with Crippen molar-refractivity contribution < 1.29 is 18.0 Å². The molecule has 0 aromatic rings. The molecule has 3 rings (SSSR count). The van der Waals surface area contributed by atoms with Gasteiger partial charge >= 0.3 is 0 Å². The minimum absolute atomic E-state index is 0.0199. The lowest BCUT2D eigenvalue weighted by Crippen LogP contribution is -2.49. The normalized spacial score (nSPS) is 31.2. The van der Waals surface area contributed by atoms with Crippen LogP contribution in [0.25, 0.3) is 0 Å². The Balaban J connectivity index is 1.87. The van der Waals surface area contributed by atoms with Crippen LogP contribution in [-0.4, -0.2) is 80.4 Å². The average Bonchev–Trinajstić information content (AvgIpc) is 3.12. The maximum atomic E-state index is 13.1. The van der Waals surface area contributed by atoms with Gasteiger partial charge in [0.25, 0.3) is 0 Å². The van der Waals surface area contributed by atoms with Gasteiger partial charge < -0.3 is 9.80 Å². The average molecular weight is 386 g/mol. The summed E-state index contributed by atoms with van der Waals surface area (Å²) < 4.78 is 26.0. The Morgan fingerprint density at radius 2 is 1.73 bits per heavy atom. The van der Waals surface area contributed by atoms with E-state index in [1.807, 2.05) is 4.90 Å². The van der Waals surface area contributed by atoms with E-state index in [4.69, 9.17) is 0 Å². The lowest BCUT2D eigenvalue weighted by molar-refractivity contribution is -0.141. The number of hydrogen-bond donors (Lipinski definition) is 0. The van der Waals surface area contributed by atoms with Crippen molar-refractivity contribution in [3.8, 4) is 0 Å². The van der Waals surface area contributed by atoms with Gasteiger partial charge in [-0.25, -0.2) is 12.7 Å². The lowest BCUT2D eigenvalue weighted by atomic mass is 9.66. The second-order valence-electron chi connectivity index (χ2n) is 8.47. The van der Waals surface area contributed by atoms with E-state index >= 15 is 0 Å². The van der Waals surface area contributed by atoms with E-state index in [1.54, 1.807) is 37.1 Å². The first-order chi connectivity index (χ1) is 12.1. The van der Waals surface area contributed by atoms with E-state index in [9.17, 15) is 18.0 Å². The smallest absolute Gasteiger partial charge is 0.230 e. The molecule has 7 nitrogen and oxygen atoms in total. The Hall–Kier alpha value is -1.15. The van der Waals surface area contributed by atoms with E-state index in [-0.39, 0.29) is 28.9 Å². The highest BCUT2D eigenvalue weighted by Gasteiger charge is 2.65. The van der Waals surface area contributed by atoms with Crippen LogP contribution in [0.1, 0.15) is 39.5 Å². The van der Waals surface area contributed by atoms with Crippen LogP contribution in [0, 0.1) is 16.7 Å². The van der Waals surface area contributed by atoms with Crippen molar-refractivity contribution in [2.24, 2.45) is 16.7 Å². The maximum Gasteiger partial charge on any atom is 0.230 e. The molecule has 0 radical (unpaired) electrons. The van der Waals surface area contributed by atoms with E-state index in [2.05, 4.69) is 0 Å². The second kappa shape index (κ2) is 6.48. The summed E-state index contributed by atoms with van der Waals surface area (Å²) in [5, 5.41) is 0. The van der Waals surface area contributed by atoms with E-state index in [1.165, 1.54) is 0 Å². The van der Waals surface area contributed by atoms with Crippen molar-refractivity contribution in [3.63, 3.8) is 0 Å². The monoisotopic (exact) mass is 385 g/mol. The number of sulfonamides is 1. The SMILES string of the molecule is CCS(=O)(=O)N1CCC2(CC1)CC[C@@]1(C(=O)N(C)C)CN(C(C)=O)C[C@@H]21. The van der Waals surface area contributed by atoms with Crippen molar-refractivity contribution >= 4 is 21.8 Å². The predicted molar refractivity (Wildman–Crippen MR) is 98.8 cm³/mol. The van der Waals surface area contributed by atoms with Crippen LogP contribution in [-0.2, 0) is 19.6 Å². The largest absolute Gasteiger partial charge is 0.348 e. The number of piperidine rings is 1. The number of hydrogen-bond acceptors (Lipinski definition) is 4. The molecule has 148 valence electrons. The Kier molecular flexibility index (Phi) is 4.88. The highest BCUT2D eigenvalue weighted by atomic mass is 32.2. The molecule has 0 aromatic carbocycles. The topological polar surface area (TPSA) is 78.0 Å². The number of carbonyl (C=O) groups is 2. The lowest BCUT2D eigenvalue weighted by Gasteiger charge is -2.44. The number of fused-ring (bicyclic) bond motifs is 2. The van der Waals surface area contributed by atoms with Gasteiger partial charge in [0.05, 0.1) is 11.2 Å². The maximum absolute atomic E-state index is 13.1. The van der Waals surface area contributed by atoms with Gasteiger partial charge in [0.2, 0.25) is 21.8 Å². The molecule has 1 saturated carbocycles. The first kappa shape index (κ1) is 19.6. The quantitative estimate of drug-likeness (QED) is 0.719. The van der Waals surface area contributed by atoms with Crippen molar-refractivity contribution in [1.29, 1.82) is 0 Å². The van der Waals surface area contributed by atoms with Gasteiger partial charge in [-0.2, -0.15) is 0 Å². The van der Waals surface area contributed by atoms with Crippen LogP contribution < -0.4 is 0 Å². The Labute approximate surface area is 156 Å². The summed E-state index contributed by atoms with van der Waals surface area (Å²) in [6, 6.07) is 0. The van der Waals surface area contributed by atoms with Crippen LogP contribution in [0.4, 0.5) is 0 Å². The number of nitrogens with zero attached hydrogens (tertiary/aromatic N) is 3. The minimum Gasteiger partial charge on any atom is -0.348 e. The highest BCUT2D eigenvalue weighted by Crippen LogP contribution is 2.62. The van der Waals surface area contributed by atoms with E-state index in [0.717, 1.165) is 25.7 Å². The van der Waals surface area contributed by atoms with Crippen LogP contribution in [0.5, 0.6) is 0 Å². The van der Waals surface area contributed by atoms with Crippen LogP contribution >= 0.6 is 0 Å². The standard InChI is InChI=1S/C18H31N3O4S/c1-5-26(24,25)21-10-8-17(9-11-21)6-7-18(16(23)19(3)4)13-20(14(2)22)12-15(17)18/h15H,5-13H2,1-4H3/t15-,18+/m0/s1. The molecule has 1 spiro atoms. The molecule has 0 bridgehead atoms. The minimum atomic E-state index is -3.17. The fourth-order valence-corrected chi connectivity index (χ4v) is 6.69. The number of carbonyl (C=O) groups excluding carboxylic acids is 2. The molecule has 3 aliphatic rings. The molecule has 0 unspecified atom stereocenters. The zero-order valence-electron chi connectivity index (χ0n) is 16.3. The van der Waals surface area contributed by atoms with Gasteiger partial charge in [-0.15, -0.1) is 0 Å². The molecule has 2 amide bonds. The molecular weight excluding hydrogens is 354 g/mol. The first-order valence-corrected chi connectivity index (χ1v) is 11.1. The number of rotatable bonds is 3. The second-order valence-corrected chi connectivity index (χ2v) is 10.7. The summed E-state index contributed by atoms with van der Waals surface area (Å²) in [5.41, 5.74) is -0.531. The molecule has 2 atom stereocenters. The van der Waals surface area contributed by atoms with Crippen molar-refractivity contribution in [2.45, 2.75) is 39.5 Å². The molecule has 0 N–H and O–H groups in total. The molecule has 26 heavy (non-hydrogen) atoms. The third-order valence-corrected chi connectivity index (χ3v) is 8.99. The molecule has 1 aliphatic carbocycles. The summed E-state index contributed by atoms with van der Waals surface area (Å²) in [4.78, 5) is 28.6. The highest BCUT2D eigenvalue weighted by molar-refractivity contribution is 7.89. The van der Waals surface area contributed by atoms with Crippen LogP contribution in [0.3, 0.4) is 0 Å². The Morgan fingerprint density at radius 1 is 1.12 bits per heavy atom. The Bertz CT molecular complexity index is 697. The van der Waals surface area contributed by atoms with Crippen LogP contribution in [0.2, 0.25) is 0 Å². The summed E-state index contributed by atoms with van der Waals surface area (Å²) in [7, 11) is 0.402.